The van der Waals surface area contributed by atoms with Crippen LogP contribution in [-0.4, -0.2) is 30.7 Å². The number of hydrogen-bond acceptors (Lipinski definition) is 3. The van der Waals surface area contributed by atoms with Gasteiger partial charge in [-0.05, 0) is 33.6 Å². The van der Waals surface area contributed by atoms with Crippen LogP contribution in [0.25, 0.3) is 0 Å². The second kappa shape index (κ2) is 7.09. The van der Waals surface area contributed by atoms with Crippen LogP contribution < -0.4 is 10.6 Å². The molecule has 2 N–H and O–H groups in total. The highest BCUT2D eigenvalue weighted by molar-refractivity contribution is 5.79. The maximum Gasteiger partial charge on any atom is 0.407 e. The Morgan fingerprint density at radius 1 is 1.12 bits per heavy atom. The summed E-state index contributed by atoms with van der Waals surface area (Å²) in [5.74, 6) is -0.278. The van der Waals surface area contributed by atoms with Gasteiger partial charge in [-0.3, -0.25) is 4.79 Å². The Morgan fingerprint density at radius 3 is 2.06 bits per heavy atom. The Hall–Kier alpha value is -1.26. The van der Waals surface area contributed by atoms with Gasteiger partial charge in [0.1, 0.15) is 5.60 Å². The Balaban J connectivity index is 3.38. The number of carbonyl (C=O) groups excluding carboxylic acids is 2. The van der Waals surface area contributed by atoms with Crippen molar-refractivity contribution in [2.45, 2.75) is 39.2 Å². The van der Waals surface area contributed by atoms with Gasteiger partial charge in [-0.2, -0.15) is 0 Å². The van der Waals surface area contributed by atoms with E-state index in [4.69, 9.17) is 4.74 Å². The molecule has 0 unspecified atom stereocenters. The molecule has 0 aliphatic carbocycles. The van der Waals surface area contributed by atoms with Crippen LogP contribution in [0.5, 0.6) is 0 Å². The lowest BCUT2D eigenvalue weighted by atomic mass is 10.2. The molecule has 16 heavy (non-hydrogen) atoms. The van der Waals surface area contributed by atoms with Crippen molar-refractivity contribution in [1.29, 1.82) is 0 Å². The minimum atomic E-state index is -0.466. The van der Waals surface area contributed by atoms with Crippen molar-refractivity contribution in [2.24, 2.45) is 0 Å². The number of hydrogen-bond donors (Lipinski definition) is 2. The minimum absolute atomic E-state index is 0.278. The quantitative estimate of drug-likeness (QED) is 0.697. The van der Waals surface area contributed by atoms with Gasteiger partial charge in [-0.25, -0.2) is 4.79 Å². The molecule has 0 aliphatic rings. The molecule has 0 aromatic carbocycles. The fourth-order valence-electron chi connectivity index (χ4n) is 0.982. The molecule has 0 atom stereocenters. The second-order valence-corrected chi connectivity index (χ2v) is 4.49. The molecular formula is C11H21N2O3. The zero-order valence-electron chi connectivity index (χ0n) is 10.3. The molecule has 5 heteroatoms. The van der Waals surface area contributed by atoms with E-state index in [1.54, 1.807) is 0 Å². The van der Waals surface area contributed by atoms with Crippen molar-refractivity contribution in [3.63, 3.8) is 0 Å². The highest BCUT2D eigenvalue weighted by Crippen LogP contribution is 2.06. The van der Waals surface area contributed by atoms with Crippen LogP contribution in [0.15, 0.2) is 0 Å². The van der Waals surface area contributed by atoms with E-state index in [0.29, 0.717) is 13.1 Å². The monoisotopic (exact) mass is 229 g/mol. The summed E-state index contributed by atoms with van der Waals surface area (Å²) in [6.45, 7) is 9.76. The average Bonchev–Trinajstić information content (AvgIpc) is 2.07. The van der Waals surface area contributed by atoms with E-state index in [9.17, 15) is 9.59 Å². The van der Waals surface area contributed by atoms with Crippen molar-refractivity contribution < 1.29 is 14.3 Å². The lowest BCUT2D eigenvalue weighted by Gasteiger charge is -2.19. The summed E-state index contributed by atoms with van der Waals surface area (Å²) in [5, 5.41) is 5.22. The number of alkyl carbamates (subject to hydrolysis) is 1. The van der Waals surface area contributed by atoms with Crippen LogP contribution in [0.2, 0.25) is 0 Å². The molecule has 0 aromatic rings. The summed E-state index contributed by atoms with van der Waals surface area (Å²) in [7, 11) is 0. The number of rotatable bonds is 5. The molecule has 0 aromatic heterocycles. The topological polar surface area (TPSA) is 67.4 Å². The maximum atomic E-state index is 11.2. The first-order valence-electron chi connectivity index (χ1n) is 5.38. The molecule has 0 rings (SSSR count). The molecular weight excluding hydrogens is 208 g/mol. The SMILES string of the molecule is [CH2]C(=O)NCCCCNC(=O)OC(C)(C)C. The largest absolute Gasteiger partial charge is 0.444 e. The number of amides is 2. The first-order valence-corrected chi connectivity index (χ1v) is 5.38. The van der Waals surface area contributed by atoms with Gasteiger partial charge in [0.2, 0.25) is 5.91 Å². The fraction of sp³-hybridized carbons (Fsp3) is 0.727. The summed E-state index contributed by atoms with van der Waals surface area (Å²) in [6, 6.07) is 0. The normalized spacial score (nSPS) is 10.8. The standard InChI is InChI=1S/C11H21N2O3/c1-9(14)12-7-5-6-8-13-10(15)16-11(2,3)4/h1,5-8H2,2-4H3,(H,12,14)(H,13,15). The lowest BCUT2D eigenvalue weighted by Crippen LogP contribution is -2.33. The van der Waals surface area contributed by atoms with Crippen LogP contribution in [0.3, 0.4) is 0 Å². The summed E-state index contributed by atoms with van der Waals surface area (Å²) in [6.07, 6.45) is 1.19. The molecule has 0 saturated heterocycles. The molecule has 0 fully saturated rings. The Morgan fingerprint density at radius 2 is 1.62 bits per heavy atom. The van der Waals surface area contributed by atoms with Gasteiger partial charge < -0.3 is 15.4 Å². The van der Waals surface area contributed by atoms with Gasteiger partial charge in [0.25, 0.3) is 0 Å². The van der Waals surface area contributed by atoms with Crippen LogP contribution >= 0.6 is 0 Å². The van der Waals surface area contributed by atoms with Crippen molar-refractivity contribution in [1.82, 2.24) is 10.6 Å². The molecule has 2 amide bonds. The van der Waals surface area contributed by atoms with Gasteiger partial charge in [-0.15, -0.1) is 0 Å². The first kappa shape index (κ1) is 14.7. The smallest absolute Gasteiger partial charge is 0.407 e. The summed E-state index contributed by atoms with van der Waals surface area (Å²) in [4.78, 5) is 21.6. The van der Waals surface area contributed by atoms with E-state index in [1.165, 1.54) is 0 Å². The number of nitrogens with one attached hydrogen (secondary N) is 2. The average molecular weight is 229 g/mol. The molecule has 1 radical (unpaired) electrons. The molecule has 93 valence electrons. The van der Waals surface area contributed by atoms with E-state index in [-0.39, 0.29) is 5.91 Å². The van der Waals surface area contributed by atoms with Crippen molar-refractivity contribution >= 4 is 12.0 Å². The Labute approximate surface area is 96.9 Å². The number of unbranched alkanes of at least 4 members (excludes halogenated alkanes) is 1. The minimum Gasteiger partial charge on any atom is -0.444 e. The zero-order valence-corrected chi connectivity index (χ0v) is 10.3. The van der Waals surface area contributed by atoms with Gasteiger partial charge in [-0.1, -0.05) is 0 Å². The predicted molar refractivity (Wildman–Crippen MR) is 61.8 cm³/mol. The Bertz CT molecular complexity index is 234. The zero-order chi connectivity index (χ0) is 12.6. The Kier molecular flexibility index (Phi) is 6.53. The maximum absolute atomic E-state index is 11.2. The molecule has 0 bridgehead atoms. The van der Waals surface area contributed by atoms with E-state index < -0.39 is 11.7 Å². The van der Waals surface area contributed by atoms with E-state index in [1.807, 2.05) is 20.8 Å². The van der Waals surface area contributed by atoms with Crippen LogP contribution in [0.4, 0.5) is 4.79 Å². The number of ether oxygens (including phenoxy) is 1. The molecule has 0 aliphatic heterocycles. The van der Waals surface area contributed by atoms with Gasteiger partial charge in [0, 0.05) is 20.0 Å². The van der Waals surface area contributed by atoms with E-state index in [0.717, 1.165) is 12.8 Å². The predicted octanol–water partition coefficient (Wildman–Crippen LogP) is 1.24. The number of carbonyl (C=O) groups is 2. The highest BCUT2D eigenvalue weighted by atomic mass is 16.6. The van der Waals surface area contributed by atoms with Crippen LogP contribution in [-0.2, 0) is 9.53 Å². The van der Waals surface area contributed by atoms with Crippen LogP contribution in [0, 0.1) is 6.92 Å². The molecule has 0 saturated carbocycles. The van der Waals surface area contributed by atoms with Crippen molar-refractivity contribution in [3.8, 4) is 0 Å². The molecule has 5 nitrogen and oxygen atoms in total. The third-order valence-corrected chi connectivity index (χ3v) is 1.59. The molecule has 0 heterocycles. The van der Waals surface area contributed by atoms with Crippen LogP contribution in [0.1, 0.15) is 33.6 Å². The lowest BCUT2D eigenvalue weighted by molar-refractivity contribution is -0.116. The van der Waals surface area contributed by atoms with E-state index in [2.05, 4.69) is 17.6 Å². The fourth-order valence-corrected chi connectivity index (χ4v) is 0.982. The van der Waals surface area contributed by atoms with Gasteiger partial charge in [0.15, 0.2) is 0 Å². The summed E-state index contributed by atoms with van der Waals surface area (Å²) >= 11 is 0. The van der Waals surface area contributed by atoms with Crippen molar-refractivity contribution in [2.75, 3.05) is 13.1 Å². The third-order valence-electron chi connectivity index (χ3n) is 1.59. The van der Waals surface area contributed by atoms with Crippen molar-refractivity contribution in [3.05, 3.63) is 6.92 Å². The van der Waals surface area contributed by atoms with E-state index >= 15 is 0 Å². The van der Waals surface area contributed by atoms with Gasteiger partial charge in [0.05, 0.1) is 0 Å². The first-order chi connectivity index (χ1) is 7.31. The summed E-state index contributed by atoms with van der Waals surface area (Å²) < 4.78 is 5.05. The molecule has 0 spiro atoms. The van der Waals surface area contributed by atoms with Gasteiger partial charge >= 0.3 is 6.09 Å². The highest BCUT2D eigenvalue weighted by Gasteiger charge is 2.15. The third kappa shape index (κ3) is 10.8. The summed E-state index contributed by atoms with van der Waals surface area (Å²) in [5.41, 5.74) is -0.466. The second-order valence-electron chi connectivity index (χ2n) is 4.49.